The van der Waals surface area contributed by atoms with E-state index < -0.39 is 0 Å². The first-order valence-corrected chi connectivity index (χ1v) is 8.88. The highest BCUT2D eigenvalue weighted by Crippen LogP contribution is 2.25. The quantitative estimate of drug-likeness (QED) is 0.855. The fourth-order valence-corrected chi connectivity index (χ4v) is 3.35. The molecule has 2 aromatic carbocycles. The van der Waals surface area contributed by atoms with Gasteiger partial charge in [0.05, 0.1) is 5.92 Å². The smallest absolute Gasteiger partial charge is 0.231 e. The van der Waals surface area contributed by atoms with Crippen molar-refractivity contribution in [1.29, 1.82) is 0 Å². The van der Waals surface area contributed by atoms with E-state index >= 15 is 0 Å². The van der Waals surface area contributed by atoms with Crippen LogP contribution in [0.3, 0.4) is 0 Å². The van der Waals surface area contributed by atoms with Gasteiger partial charge in [0.2, 0.25) is 5.91 Å². The number of carbonyl (C=O) groups is 1. The van der Waals surface area contributed by atoms with Gasteiger partial charge in [-0.2, -0.15) is 0 Å². The van der Waals surface area contributed by atoms with Crippen LogP contribution in [-0.2, 0) is 4.79 Å². The second-order valence-electron chi connectivity index (χ2n) is 6.43. The minimum absolute atomic E-state index is 0.0238. The third-order valence-corrected chi connectivity index (χ3v) is 4.92. The molecule has 2 unspecified atom stereocenters. The van der Waals surface area contributed by atoms with E-state index in [9.17, 15) is 4.79 Å². The lowest BCUT2D eigenvalue weighted by molar-refractivity contribution is -0.117. The number of hydrogen-bond donors (Lipinski definition) is 2. The van der Waals surface area contributed by atoms with Crippen LogP contribution in [0.2, 0.25) is 5.02 Å². The van der Waals surface area contributed by atoms with Gasteiger partial charge in [0.15, 0.2) is 0 Å². The summed E-state index contributed by atoms with van der Waals surface area (Å²) in [6.45, 7) is 4.05. The molecule has 1 aliphatic heterocycles. The number of halogens is 1. The molecule has 3 nitrogen and oxygen atoms in total. The molecule has 0 aromatic heterocycles. The van der Waals surface area contributed by atoms with Gasteiger partial charge in [0.1, 0.15) is 0 Å². The first kappa shape index (κ1) is 17.0. The van der Waals surface area contributed by atoms with E-state index in [4.69, 9.17) is 11.6 Å². The summed E-state index contributed by atoms with van der Waals surface area (Å²) in [5.41, 5.74) is 3.09. The molecule has 1 saturated heterocycles. The second kappa shape index (κ2) is 7.82. The van der Waals surface area contributed by atoms with Crippen molar-refractivity contribution in [2.45, 2.75) is 31.6 Å². The fourth-order valence-electron chi connectivity index (χ4n) is 3.15. The minimum Gasteiger partial charge on any atom is -0.326 e. The molecule has 3 rings (SSSR count). The summed E-state index contributed by atoms with van der Waals surface area (Å²) in [4.78, 5) is 12.4. The zero-order chi connectivity index (χ0) is 16.9. The highest BCUT2D eigenvalue weighted by atomic mass is 35.5. The van der Waals surface area contributed by atoms with Crippen molar-refractivity contribution in [3.63, 3.8) is 0 Å². The van der Waals surface area contributed by atoms with E-state index in [1.807, 2.05) is 43.3 Å². The van der Waals surface area contributed by atoms with E-state index in [-0.39, 0.29) is 11.8 Å². The molecule has 1 heterocycles. The molecule has 0 aliphatic carbocycles. The summed E-state index contributed by atoms with van der Waals surface area (Å²) >= 11 is 6.01. The monoisotopic (exact) mass is 342 g/mol. The lowest BCUT2D eigenvalue weighted by Crippen LogP contribution is -2.28. The van der Waals surface area contributed by atoms with Crippen molar-refractivity contribution < 1.29 is 4.79 Å². The Morgan fingerprint density at radius 3 is 2.71 bits per heavy atom. The largest absolute Gasteiger partial charge is 0.326 e. The van der Waals surface area contributed by atoms with Crippen molar-refractivity contribution in [3.05, 3.63) is 64.7 Å². The lowest BCUT2D eigenvalue weighted by atomic mass is 9.91. The van der Waals surface area contributed by atoms with Crippen LogP contribution in [0.5, 0.6) is 0 Å². The fraction of sp³-hybridized carbons (Fsp3) is 0.350. The van der Waals surface area contributed by atoms with Crippen LogP contribution in [-0.4, -0.2) is 19.0 Å². The minimum atomic E-state index is -0.245. The molecule has 2 atom stereocenters. The van der Waals surface area contributed by atoms with Crippen molar-refractivity contribution in [1.82, 2.24) is 5.32 Å². The molecular weight excluding hydrogens is 320 g/mol. The maximum absolute atomic E-state index is 12.4. The molecule has 2 aromatic rings. The van der Waals surface area contributed by atoms with Crippen LogP contribution in [0.1, 0.15) is 42.7 Å². The Bertz CT molecular complexity index is 693. The molecular formula is C20H23ClN2O. The van der Waals surface area contributed by atoms with Gasteiger partial charge in [0, 0.05) is 17.3 Å². The molecule has 0 bridgehead atoms. The number of nitrogens with one attached hydrogen (secondary N) is 2. The Balaban J connectivity index is 1.63. The summed E-state index contributed by atoms with van der Waals surface area (Å²) in [5, 5.41) is 7.08. The van der Waals surface area contributed by atoms with Gasteiger partial charge in [-0.15, -0.1) is 0 Å². The summed E-state index contributed by atoms with van der Waals surface area (Å²) in [6.07, 6.45) is 2.45. The molecule has 0 radical (unpaired) electrons. The number of piperidine rings is 1. The van der Waals surface area contributed by atoms with Crippen LogP contribution in [0.4, 0.5) is 5.69 Å². The average Bonchev–Trinajstić information content (AvgIpc) is 2.62. The van der Waals surface area contributed by atoms with Crippen molar-refractivity contribution >= 4 is 23.2 Å². The maximum atomic E-state index is 12.4. The second-order valence-corrected chi connectivity index (χ2v) is 6.87. The van der Waals surface area contributed by atoms with Crippen LogP contribution >= 0.6 is 11.6 Å². The highest BCUT2D eigenvalue weighted by molar-refractivity contribution is 6.30. The number of anilines is 1. The van der Waals surface area contributed by atoms with Gasteiger partial charge >= 0.3 is 0 Å². The average molecular weight is 343 g/mol. The van der Waals surface area contributed by atoms with E-state index in [0.29, 0.717) is 10.9 Å². The molecule has 126 valence electrons. The third-order valence-electron chi connectivity index (χ3n) is 4.69. The Morgan fingerprint density at radius 2 is 2.04 bits per heavy atom. The number of carbonyl (C=O) groups excluding carboxylic acids is 1. The summed E-state index contributed by atoms with van der Waals surface area (Å²) in [5.74, 6) is 0.309. The van der Waals surface area contributed by atoms with Gasteiger partial charge in [-0.05, 0) is 67.6 Å². The Morgan fingerprint density at radius 1 is 1.25 bits per heavy atom. The summed E-state index contributed by atoms with van der Waals surface area (Å²) in [6, 6.07) is 15.7. The van der Waals surface area contributed by atoms with E-state index in [0.717, 1.165) is 24.3 Å². The molecule has 1 amide bonds. The van der Waals surface area contributed by atoms with E-state index in [1.165, 1.54) is 18.4 Å². The molecule has 0 saturated carbocycles. The van der Waals surface area contributed by atoms with Crippen molar-refractivity contribution in [2.75, 3.05) is 18.4 Å². The lowest BCUT2D eigenvalue weighted by Gasteiger charge is -2.23. The van der Waals surface area contributed by atoms with Crippen LogP contribution < -0.4 is 10.6 Å². The highest BCUT2D eigenvalue weighted by Gasteiger charge is 2.17. The van der Waals surface area contributed by atoms with Crippen molar-refractivity contribution in [3.8, 4) is 0 Å². The molecule has 24 heavy (non-hydrogen) atoms. The van der Waals surface area contributed by atoms with Gasteiger partial charge in [0.25, 0.3) is 0 Å². The molecule has 1 fully saturated rings. The Hall–Kier alpha value is -1.84. The van der Waals surface area contributed by atoms with Gasteiger partial charge in [-0.25, -0.2) is 0 Å². The number of amides is 1. The Labute approximate surface area is 148 Å². The topological polar surface area (TPSA) is 41.1 Å². The van der Waals surface area contributed by atoms with Crippen molar-refractivity contribution in [2.24, 2.45) is 0 Å². The molecule has 1 aliphatic rings. The maximum Gasteiger partial charge on any atom is 0.231 e. The van der Waals surface area contributed by atoms with Gasteiger partial charge < -0.3 is 10.6 Å². The molecule has 2 N–H and O–H groups in total. The standard InChI is InChI=1S/C20H23ClN2O/c1-14(16-4-2-6-18(21)12-16)20(24)23-19-9-7-15(8-10-19)17-5-3-11-22-13-17/h2,4,6-10,12,14,17,22H,3,5,11,13H2,1H3,(H,23,24). The summed E-state index contributed by atoms with van der Waals surface area (Å²) < 4.78 is 0. The predicted molar refractivity (Wildman–Crippen MR) is 99.8 cm³/mol. The van der Waals surface area contributed by atoms with E-state index in [2.05, 4.69) is 22.8 Å². The van der Waals surface area contributed by atoms with Gasteiger partial charge in [-0.3, -0.25) is 4.79 Å². The van der Waals surface area contributed by atoms with Crippen LogP contribution in [0.15, 0.2) is 48.5 Å². The molecule has 0 spiro atoms. The van der Waals surface area contributed by atoms with E-state index in [1.54, 1.807) is 0 Å². The number of benzene rings is 2. The first-order valence-electron chi connectivity index (χ1n) is 8.50. The summed E-state index contributed by atoms with van der Waals surface area (Å²) in [7, 11) is 0. The SMILES string of the molecule is CC(C(=O)Nc1ccc(C2CCCNC2)cc1)c1cccc(Cl)c1. The Kier molecular flexibility index (Phi) is 5.54. The first-order chi connectivity index (χ1) is 11.6. The predicted octanol–water partition coefficient (Wildman–Crippen LogP) is 4.55. The normalized spacial score (nSPS) is 18.8. The third kappa shape index (κ3) is 4.16. The number of hydrogen-bond acceptors (Lipinski definition) is 2. The zero-order valence-electron chi connectivity index (χ0n) is 13.9. The zero-order valence-corrected chi connectivity index (χ0v) is 14.6. The van der Waals surface area contributed by atoms with Gasteiger partial charge in [-0.1, -0.05) is 35.9 Å². The molecule has 4 heteroatoms. The number of rotatable bonds is 4. The van der Waals surface area contributed by atoms with Crippen LogP contribution in [0.25, 0.3) is 0 Å². The van der Waals surface area contributed by atoms with Crippen LogP contribution in [0, 0.1) is 0 Å².